The van der Waals surface area contributed by atoms with Crippen LogP contribution in [0.2, 0.25) is 0 Å². The van der Waals surface area contributed by atoms with Crippen molar-refractivity contribution in [3.8, 4) is 0 Å². The summed E-state index contributed by atoms with van der Waals surface area (Å²) < 4.78 is 13.1. The molecule has 0 saturated heterocycles. The maximum Gasteiger partial charge on any atom is 0.122 e. The zero-order chi connectivity index (χ0) is 8.27. The first kappa shape index (κ1) is 8.25. The van der Waals surface area contributed by atoms with Crippen LogP contribution in [0.25, 0.3) is 0 Å². The fourth-order valence-corrected chi connectivity index (χ4v) is 1.15. The summed E-state index contributed by atoms with van der Waals surface area (Å²) in [4.78, 5) is 0. The standard InChI is InChI=1S/C10H13F/c1-3-9-6-4-5-8(2)7-10(9)11/h4-5,7H,3,6H2,1-2H3. The van der Waals surface area contributed by atoms with Gasteiger partial charge >= 0.3 is 0 Å². The van der Waals surface area contributed by atoms with Crippen LogP contribution in [0.5, 0.6) is 0 Å². The molecule has 0 N–H and O–H groups in total. The van der Waals surface area contributed by atoms with E-state index >= 15 is 0 Å². The van der Waals surface area contributed by atoms with Crippen LogP contribution in [0.15, 0.2) is 35.2 Å². The first-order chi connectivity index (χ1) is 5.24. The van der Waals surface area contributed by atoms with Gasteiger partial charge in [0.2, 0.25) is 0 Å². The van der Waals surface area contributed by atoms with Crippen molar-refractivity contribution in [1.82, 2.24) is 0 Å². The Morgan fingerprint density at radius 2 is 2.27 bits per heavy atom. The Balaban J connectivity index is 2.93. The van der Waals surface area contributed by atoms with Crippen LogP contribution in [0.4, 0.5) is 4.39 Å². The van der Waals surface area contributed by atoms with Crippen LogP contribution < -0.4 is 0 Å². The average molecular weight is 152 g/mol. The van der Waals surface area contributed by atoms with E-state index in [9.17, 15) is 4.39 Å². The highest BCUT2D eigenvalue weighted by Gasteiger charge is 2.03. The first-order valence-electron chi connectivity index (χ1n) is 3.96. The van der Waals surface area contributed by atoms with Crippen LogP contribution in [-0.2, 0) is 0 Å². The van der Waals surface area contributed by atoms with E-state index in [0.29, 0.717) is 0 Å². The number of hydrogen-bond donors (Lipinski definition) is 0. The van der Waals surface area contributed by atoms with E-state index in [1.165, 1.54) is 0 Å². The van der Waals surface area contributed by atoms with Crippen molar-refractivity contribution in [2.45, 2.75) is 26.7 Å². The smallest absolute Gasteiger partial charge is 0.122 e. The van der Waals surface area contributed by atoms with Crippen LogP contribution in [0, 0.1) is 0 Å². The minimum absolute atomic E-state index is 0.0463. The molecule has 0 aromatic heterocycles. The summed E-state index contributed by atoms with van der Waals surface area (Å²) in [6, 6.07) is 0. The topological polar surface area (TPSA) is 0 Å². The Morgan fingerprint density at radius 3 is 2.91 bits per heavy atom. The number of hydrogen-bond acceptors (Lipinski definition) is 0. The molecule has 0 bridgehead atoms. The molecule has 0 aliphatic heterocycles. The minimum Gasteiger partial charge on any atom is -0.207 e. The highest BCUT2D eigenvalue weighted by molar-refractivity contribution is 5.33. The average Bonchev–Trinajstić information content (AvgIpc) is 2.11. The third-order valence-corrected chi connectivity index (χ3v) is 1.86. The van der Waals surface area contributed by atoms with E-state index in [1.54, 1.807) is 6.08 Å². The van der Waals surface area contributed by atoms with Crippen molar-refractivity contribution in [2.75, 3.05) is 0 Å². The SMILES string of the molecule is CCC1=C(F)C=C(C)C=CC1. The van der Waals surface area contributed by atoms with Crippen molar-refractivity contribution >= 4 is 0 Å². The number of allylic oxidation sites excluding steroid dienone is 6. The Bertz CT molecular complexity index is 231. The molecule has 1 aliphatic carbocycles. The first-order valence-corrected chi connectivity index (χ1v) is 3.96. The van der Waals surface area contributed by atoms with Gasteiger partial charge in [0.1, 0.15) is 5.83 Å². The van der Waals surface area contributed by atoms with Gasteiger partial charge in [-0.25, -0.2) is 4.39 Å². The summed E-state index contributed by atoms with van der Waals surface area (Å²) >= 11 is 0. The van der Waals surface area contributed by atoms with E-state index in [2.05, 4.69) is 0 Å². The van der Waals surface area contributed by atoms with Crippen molar-refractivity contribution < 1.29 is 4.39 Å². The van der Waals surface area contributed by atoms with Gasteiger partial charge < -0.3 is 0 Å². The molecule has 0 aromatic rings. The molecule has 0 radical (unpaired) electrons. The minimum atomic E-state index is -0.0463. The predicted octanol–water partition coefficient (Wildman–Crippen LogP) is 3.53. The van der Waals surface area contributed by atoms with Crippen LogP contribution in [0.1, 0.15) is 26.7 Å². The second-order valence-electron chi connectivity index (χ2n) is 2.80. The lowest BCUT2D eigenvalue weighted by atomic mass is 10.1. The van der Waals surface area contributed by atoms with E-state index < -0.39 is 0 Å². The summed E-state index contributed by atoms with van der Waals surface area (Å²) in [7, 11) is 0. The van der Waals surface area contributed by atoms with E-state index in [4.69, 9.17) is 0 Å². The highest BCUT2D eigenvalue weighted by atomic mass is 19.1. The quantitative estimate of drug-likeness (QED) is 0.539. The number of rotatable bonds is 1. The molecule has 60 valence electrons. The van der Waals surface area contributed by atoms with Gasteiger partial charge in [-0.15, -0.1) is 0 Å². The van der Waals surface area contributed by atoms with Gasteiger partial charge in [0, 0.05) is 0 Å². The van der Waals surface area contributed by atoms with Crippen molar-refractivity contribution in [3.63, 3.8) is 0 Å². The molecule has 1 heteroatoms. The molecule has 0 heterocycles. The predicted molar refractivity (Wildman–Crippen MR) is 45.9 cm³/mol. The molecule has 0 saturated carbocycles. The van der Waals surface area contributed by atoms with Gasteiger partial charge in [0.05, 0.1) is 0 Å². The van der Waals surface area contributed by atoms with E-state index in [-0.39, 0.29) is 5.83 Å². The summed E-state index contributed by atoms with van der Waals surface area (Å²) in [6.45, 7) is 3.89. The van der Waals surface area contributed by atoms with Crippen molar-refractivity contribution in [3.05, 3.63) is 35.2 Å². The maximum atomic E-state index is 13.1. The largest absolute Gasteiger partial charge is 0.207 e. The fourth-order valence-electron chi connectivity index (χ4n) is 1.15. The summed E-state index contributed by atoms with van der Waals surface area (Å²) in [5.74, 6) is -0.0463. The Labute approximate surface area is 67.1 Å². The zero-order valence-corrected chi connectivity index (χ0v) is 7.02. The van der Waals surface area contributed by atoms with Gasteiger partial charge in [-0.1, -0.05) is 19.1 Å². The monoisotopic (exact) mass is 152 g/mol. The molecular formula is C10H13F. The van der Waals surface area contributed by atoms with E-state index in [1.807, 2.05) is 26.0 Å². The van der Waals surface area contributed by atoms with Gasteiger partial charge in [-0.2, -0.15) is 0 Å². The Morgan fingerprint density at radius 1 is 1.55 bits per heavy atom. The third kappa shape index (κ3) is 2.04. The van der Waals surface area contributed by atoms with Gasteiger partial charge in [0.15, 0.2) is 0 Å². The highest BCUT2D eigenvalue weighted by Crippen LogP contribution is 2.20. The molecule has 0 fully saturated rings. The zero-order valence-electron chi connectivity index (χ0n) is 7.02. The summed E-state index contributed by atoms with van der Waals surface area (Å²) in [5.41, 5.74) is 1.89. The second kappa shape index (κ2) is 3.51. The van der Waals surface area contributed by atoms with Crippen LogP contribution >= 0.6 is 0 Å². The molecule has 0 spiro atoms. The molecule has 0 unspecified atom stereocenters. The Kier molecular flexibility index (Phi) is 2.64. The van der Waals surface area contributed by atoms with Crippen LogP contribution in [0.3, 0.4) is 0 Å². The van der Waals surface area contributed by atoms with Crippen LogP contribution in [-0.4, -0.2) is 0 Å². The molecule has 0 amide bonds. The lowest BCUT2D eigenvalue weighted by molar-refractivity contribution is 0.643. The lowest BCUT2D eigenvalue weighted by Gasteiger charge is -1.98. The maximum absolute atomic E-state index is 13.1. The number of halogens is 1. The normalized spacial score (nSPS) is 18.3. The summed E-state index contributed by atoms with van der Waals surface area (Å²) in [6.07, 6.45) is 7.14. The molecule has 1 aliphatic rings. The van der Waals surface area contributed by atoms with Crippen molar-refractivity contribution in [1.29, 1.82) is 0 Å². The van der Waals surface area contributed by atoms with Gasteiger partial charge in [0.25, 0.3) is 0 Å². The third-order valence-electron chi connectivity index (χ3n) is 1.86. The fraction of sp³-hybridized carbons (Fsp3) is 0.400. The van der Waals surface area contributed by atoms with Gasteiger partial charge in [-0.3, -0.25) is 0 Å². The molecule has 0 nitrogen and oxygen atoms in total. The lowest BCUT2D eigenvalue weighted by Crippen LogP contribution is -1.80. The van der Waals surface area contributed by atoms with Crippen molar-refractivity contribution in [2.24, 2.45) is 0 Å². The van der Waals surface area contributed by atoms with Gasteiger partial charge in [-0.05, 0) is 37.0 Å². The van der Waals surface area contributed by atoms with E-state index in [0.717, 1.165) is 24.0 Å². The second-order valence-corrected chi connectivity index (χ2v) is 2.80. The molecular weight excluding hydrogens is 139 g/mol. The summed E-state index contributed by atoms with van der Waals surface area (Å²) in [5, 5.41) is 0. The molecule has 1 rings (SSSR count). The molecule has 0 aromatic carbocycles. The molecule has 0 atom stereocenters. The Hall–Kier alpha value is -0.850. The molecule has 11 heavy (non-hydrogen) atoms.